The molecular weight excluding hydrogens is 286 g/mol. The molecule has 1 aliphatic carbocycles. The van der Waals surface area contributed by atoms with Crippen molar-refractivity contribution in [3.8, 4) is 0 Å². The van der Waals surface area contributed by atoms with Crippen molar-refractivity contribution in [1.82, 2.24) is 19.9 Å². The zero-order valence-electron chi connectivity index (χ0n) is 12.8. The summed E-state index contributed by atoms with van der Waals surface area (Å²) in [7, 11) is 0. The quantitative estimate of drug-likeness (QED) is 0.744. The molecule has 114 valence electrons. The molecule has 3 heterocycles. The topological polar surface area (TPSA) is 54.8 Å². The van der Waals surface area contributed by atoms with Gasteiger partial charge in [0.25, 0.3) is 0 Å². The van der Waals surface area contributed by atoms with Crippen LogP contribution in [0.15, 0.2) is 42.9 Å². The summed E-state index contributed by atoms with van der Waals surface area (Å²) in [6.07, 6.45) is 8.47. The van der Waals surface area contributed by atoms with E-state index in [2.05, 4.69) is 19.9 Å². The predicted octanol–water partition coefficient (Wildman–Crippen LogP) is 2.90. The molecule has 0 bridgehead atoms. The Labute approximate surface area is 134 Å². The molecule has 5 heteroatoms. The molecule has 1 saturated heterocycles. The van der Waals surface area contributed by atoms with E-state index in [1.54, 1.807) is 0 Å². The third-order valence-corrected chi connectivity index (χ3v) is 4.75. The molecule has 1 aliphatic heterocycles. The zero-order valence-corrected chi connectivity index (χ0v) is 12.8. The van der Waals surface area contributed by atoms with Crippen molar-refractivity contribution in [3.05, 3.63) is 54.2 Å². The predicted molar refractivity (Wildman–Crippen MR) is 88.5 cm³/mol. The van der Waals surface area contributed by atoms with Gasteiger partial charge < -0.3 is 4.90 Å². The van der Waals surface area contributed by atoms with Gasteiger partial charge >= 0.3 is 0 Å². The Morgan fingerprint density at radius 1 is 0.826 bits per heavy atom. The molecule has 0 spiro atoms. The number of hydrogen-bond acceptors (Lipinski definition) is 5. The Bertz CT molecular complexity index is 851. The van der Waals surface area contributed by atoms with Crippen LogP contribution in [-0.4, -0.2) is 33.0 Å². The van der Waals surface area contributed by atoms with Crippen LogP contribution >= 0.6 is 0 Å². The van der Waals surface area contributed by atoms with Crippen LogP contribution in [0.4, 0.5) is 5.82 Å². The third-order valence-electron chi connectivity index (χ3n) is 4.75. The van der Waals surface area contributed by atoms with Gasteiger partial charge in [-0.3, -0.25) is 4.98 Å². The summed E-state index contributed by atoms with van der Waals surface area (Å²) < 4.78 is 0. The van der Waals surface area contributed by atoms with Crippen LogP contribution < -0.4 is 4.90 Å². The fourth-order valence-electron chi connectivity index (χ4n) is 3.12. The number of para-hydroxylation sites is 2. The highest BCUT2D eigenvalue weighted by Gasteiger charge is 2.32. The first-order chi connectivity index (χ1) is 11.4. The largest absolute Gasteiger partial charge is 0.354 e. The van der Waals surface area contributed by atoms with Crippen LogP contribution in [0.5, 0.6) is 0 Å². The minimum Gasteiger partial charge on any atom is -0.354 e. The van der Waals surface area contributed by atoms with Crippen molar-refractivity contribution < 1.29 is 0 Å². The standard InChI is InChI=1S/C18H17N5/c1-2-4-16-15(3-1)19-9-17(22-16)23-10-14(11-23)18-20-7-13(8-21-18)12-5-6-12/h1-4,7-9,12,14H,5-6,10-11H2. The summed E-state index contributed by atoms with van der Waals surface area (Å²) in [4.78, 5) is 20.5. The third kappa shape index (κ3) is 2.32. The van der Waals surface area contributed by atoms with Gasteiger partial charge in [0, 0.05) is 25.5 Å². The number of benzene rings is 1. The Balaban J connectivity index is 1.31. The molecule has 23 heavy (non-hydrogen) atoms. The highest BCUT2D eigenvalue weighted by atomic mass is 15.3. The number of hydrogen-bond donors (Lipinski definition) is 0. The van der Waals surface area contributed by atoms with E-state index in [1.165, 1.54) is 18.4 Å². The number of nitrogens with zero attached hydrogens (tertiary/aromatic N) is 5. The summed E-state index contributed by atoms with van der Waals surface area (Å²) >= 11 is 0. The average Bonchev–Trinajstić information content (AvgIpc) is 3.39. The Morgan fingerprint density at radius 2 is 1.57 bits per heavy atom. The zero-order chi connectivity index (χ0) is 15.2. The second-order valence-corrected chi connectivity index (χ2v) is 6.47. The van der Waals surface area contributed by atoms with Gasteiger partial charge in [-0.15, -0.1) is 0 Å². The molecule has 2 fully saturated rings. The van der Waals surface area contributed by atoms with Gasteiger partial charge in [-0.1, -0.05) is 12.1 Å². The molecule has 5 nitrogen and oxygen atoms in total. The first kappa shape index (κ1) is 12.9. The van der Waals surface area contributed by atoms with E-state index >= 15 is 0 Å². The lowest BCUT2D eigenvalue weighted by Crippen LogP contribution is -2.46. The molecule has 0 N–H and O–H groups in total. The maximum absolute atomic E-state index is 4.69. The summed E-state index contributed by atoms with van der Waals surface area (Å²) in [6, 6.07) is 7.97. The normalized spacial score (nSPS) is 18.2. The van der Waals surface area contributed by atoms with E-state index in [1.807, 2.05) is 42.9 Å². The van der Waals surface area contributed by atoms with Crippen LogP contribution in [0.2, 0.25) is 0 Å². The molecule has 2 aromatic heterocycles. The Kier molecular flexibility index (Phi) is 2.80. The summed E-state index contributed by atoms with van der Waals surface area (Å²) in [5.74, 6) is 3.01. The van der Waals surface area contributed by atoms with E-state index in [4.69, 9.17) is 4.98 Å². The molecule has 1 aromatic carbocycles. The summed E-state index contributed by atoms with van der Waals surface area (Å²) in [5, 5.41) is 0. The van der Waals surface area contributed by atoms with E-state index in [0.717, 1.165) is 41.7 Å². The van der Waals surface area contributed by atoms with E-state index in [9.17, 15) is 0 Å². The lowest BCUT2D eigenvalue weighted by Gasteiger charge is -2.39. The lowest BCUT2D eigenvalue weighted by molar-refractivity contribution is 0.495. The minimum absolute atomic E-state index is 0.400. The Hall–Kier alpha value is -2.56. The van der Waals surface area contributed by atoms with Gasteiger partial charge in [0.15, 0.2) is 0 Å². The molecule has 0 amide bonds. The highest BCUT2D eigenvalue weighted by Crippen LogP contribution is 2.39. The fraction of sp³-hybridized carbons (Fsp3) is 0.333. The van der Waals surface area contributed by atoms with Gasteiger partial charge in [0.2, 0.25) is 0 Å². The molecule has 0 atom stereocenters. The number of fused-ring (bicyclic) bond motifs is 1. The average molecular weight is 303 g/mol. The first-order valence-corrected chi connectivity index (χ1v) is 8.15. The SMILES string of the molecule is c1ccc2nc(N3CC(c4ncc(C5CC5)cn4)C3)cnc2c1. The van der Waals surface area contributed by atoms with E-state index in [-0.39, 0.29) is 0 Å². The van der Waals surface area contributed by atoms with Gasteiger partial charge in [0.05, 0.1) is 23.1 Å². The van der Waals surface area contributed by atoms with Gasteiger partial charge in [0.1, 0.15) is 11.6 Å². The fourth-order valence-corrected chi connectivity index (χ4v) is 3.12. The first-order valence-electron chi connectivity index (χ1n) is 8.15. The van der Waals surface area contributed by atoms with Crippen LogP contribution in [0, 0.1) is 0 Å². The highest BCUT2D eigenvalue weighted by molar-refractivity contribution is 5.75. The van der Waals surface area contributed by atoms with Crippen molar-refractivity contribution in [2.75, 3.05) is 18.0 Å². The van der Waals surface area contributed by atoms with Crippen LogP contribution in [0.3, 0.4) is 0 Å². The monoisotopic (exact) mass is 303 g/mol. The van der Waals surface area contributed by atoms with Gasteiger partial charge in [-0.05, 0) is 36.5 Å². The molecule has 2 aliphatic rings. The van der Waals surface area contributed by atoms with Crippen molar-refractivity contribution in [1.29, 1.82) is 0 Å². The molecule has 1 saturated carbocycles. The number of anilines is 1. The molecule has 5 rings (SSSR count). The molecule has 0 radical (unpaired) electrons. The van der Waals surface area contributed by atoms with Crippen molar-refractivity contribution >= 4 is 16.9 Å². The second-order valence-electron chi connectivity index (χ2n) is 6.47. The molecule has 0 unspecified atom stereocenters. The van der Waals surface area contributed by atoms with Crippen molar-refractivity contribution in [2.24, 2.45) is 0 Å². The lowest BCUT2D eigenvalue weighted by atomic mass is 9.99. The number of rotatable bonds is 3. The number of aromatic nitrogens is 4. The molecular formula is C18H17N5. The van der Waals surface area contributed by atoms with Crippen molar-refractivity contribution in [3.63, 3.8) is 0 Å². The maximum Gasteiger partial charge on any atom is 0.147 e. The van der Waals surface area contributed by atoms with Crippen LogP contribution in [0.25, 0.3) is 11.0 Å². The van der Waals surface area contributed by atoms with E-state index < -0.39 is 0 Å². The van der Waals surface area contributed by atoms with Crippen molar-refractivity contribution in [2.45, 2.75) is 24.7 Å². The van der Waals surface area contributed by atoms with Gasteiger partial charge in [-0.2, -0.15) is 0 Å². The maximum atomic E-state index is 4.69. The summed E-state index contributed by atoms with van der Waals surface area (Å²) in [5.41, 5.74) is 3.18. The second kappa shape index (κ2) is 4.98. The van der Waals surface area contributed by atoms with Crippen LogP contribution in [0.1, 0.15) is 36.1 Å². The Morgan fingerprint density at radius 3 is 2.30 bits per heavy atom. The van der Waals surface area contributed by atoms with Crippen LogP contribution in [-0.2, 0) is 0 Å². The summed E-state index contributed by atoms with van der Waals surface area (Å²) in [6.45, 7) is 1.82. The smallest absolute Gasteiger partial charge is 0.147 e. The minimum atomic E-state index is 0.400. The van der Waals surface area contributed by atoms with Gasteiger partial charge in [-0.25, -0.2) is 15.0 Å². The van der Waals surface area contributed by atoms with E-state index in [0.29, 0.717) is 5.92 Å². The molecule has 3 aromatic rings.